The van der Waals surface area contributed by atoms with Crippen LogP contribution in [-0.4, -0.2) is 13.8 Å². The Labute approximate surface area is 160 Å². The fraction of sp³-hybridized carbons (Fsp3) is 0.0556. The van der Waals surface area contributed by atoms with Gasteiger partial charge >= 0.3 is 0 Å². The molecule has 1 aromatic carbocycles. The molecule has 4 rings (SSSR count). The van der Waals surface area contributed by atoms with Crippen LogP contribution < -0.4 is 0 Å². The fourth-order valence-corrected chi connectivity index (χ4v) is 5.08. The van der Waals surface area contributed by atoms with E-state index in [0.29, 0.717) is 5.88 Å². The van der Waals surface area contributed by atoms with Gasteiger partial charge in [0.1, 0.15) is 11.5 Å². The summed E-state index contributed by atoms with van der Waals surface area (Å²) in [6, 6.07) is 15.9. The minimum absolute atomic E-state index is 0.412. The maximum Gasteiger partial charge on any atom is 0.141 e. The van der Waals surface area contributed by atoms with E-state index in [4.69, 9.17) is 0 Å². The zero-order chi connectivity index (χ0) is 16.5. The van der Waals surface area contributed by atoms with Crippen molar-refractivity contribution in [2.45, 2.75) is 10.8 Å². The second kappa shape index (κ2) is 6.78. The van der Waals surface area contributed by atoms with Crippen molar-refractivity contribution in [3.05, 3.63) is 69.9 Å². The molecule has 0 aliphatic carbocycles. The van der Waals surface area contributed by atoms with E-state index in [1.54, 1.807) is 11.3 Å². The van der Waals surface area contributed by atoms with Crippen molar-refractivity contribution >= 4 is 55.8 Å². The summed E-state index contributed by atoms with van der Waals surface area (Å²) in [6.45, 7) is 0. The predicted molar refractivity (Wildman–Crippen MR) is 109 cm³/mol. The maximum atomic E-state index is 12.6. The summed E-state index contributed by atoms with van der Waals surface area (Å²) in [7, 11) is -1.09. The van der Waals surface area contributed by atoms with Crippen molar-refractivity contribution < 1.29 is 4.21 Å². The lowest BCUT2D eigenvalue weighted by Gasteiger charge is -2.05. The Balaban J connectivity index is 1.71. The Hall–Kier alpha value is -1.51. The lowest BCUT2D eigenvalue weighted by atomic mass is 10.2. The smallest absolute Gasteiger partial charge is 0.141 e. The molecule has 0 aliphatic rings. The molecule has 0 aliphatic heterocycles. The molecule has 3 heterocycles. The van der Waals surface area contributed by atoms with E-state index < -0.39 is 10.8 Å². The topological polar surface area (TPSA) is 34.9 Å². The van der Waals surface area contributed by atoms with E-state index in [0.717, 1.165) is 25.1 Å². The van der Waals surface area contributed by atoms with Crippen LogP contribution in [0.25, 0.3) is 21.5 Å². The van der Waals surface area contributed by atoms with E-state index in [9.17, 15) is 4.21 Å². The minimum Gasteiger partial charge on any atom is -0.319 e. The van der Waals surface area contributed by atoms with Gasteiger partial charge in [-0.15, -0.1) is 11.3 Å². The summed E-state index contributed by atoms with van der Waals surface area (Å²) < 4.78 is 15.7. The molecule has 120 valence electrons. The standard InChI is InChI=1S/C18H13IN2OS2/c19-16-11-21(12-24(22)14-5-2-1-3-6-14)18-15(16)9-13(10-20-18)17-7-4-8-23-17/h1-11H,12H2. The SMILES string of the molecule is O=S(Cn1cc(I)c2cc(-c3cccs3)cnc21)c1ccccc1. The molecule has 24 heavy (non-hydrogen) atoms. The van der Waals surface area contributed by atoms with Gasteiger partial charge in [-0.3, -0.25) is 4.21 Å². The fourth-order valence-electron chi connectivity index (χ4n) is 2.58. The quantitative estimate of drug-likeness (QED) is 0.393. The first-order valence-electron chi connectivity index (χ1n) is 7.34. The first kappa shape index (κ1) is 16.0. The van der Waals surface area contributed by atoms with Crippen LogP contribution >= 0.6 is 33.9 Å². The third-order valence-corrected chi connectivity index (χ3v) is 6.82. The summed E-state index contributed by atoms with van der Waals surface area (Å²) >= 11 is 4.03. The molecule has 0 bridgehead atoms. The third-order valence-electron chi connectivity index (χ3n) is 3.73. The highest BCUT2D eigenvalue weighted by molar-refractivity contribution is 14.1. The van der Waals surface area contributed by atoms with Crippen molar-refractivity contribution in [3.8, 4) is 10.4 Å². The molecular weight excluding hydrogens is 451 g/mol. The minimum atomic E-state index is -1.09. The van der Waals surface area contributed by atoms with Gasteiger partial charge in [0, 0.05) is 36.7 Å². The molecule has 1 unspecified atom stereocenters. The van der Waals surface area contributed by atoms with Crippen LogP contribution in [0, 0.1) is 3.57 Å². The molecule has 0 radical (unpaired) electrons. The Morgan fingerprint density at radius 2 is 2.00 bits per heavy atom. The zero-order valence-electron chi connectivity index (χ0n) is 12.6. The first-order chi connectivity index (χ1) is 11.7. The predicted octanol–water partition coefficient (Wildman–Crippen LogP) is 5.13. The van der Waals surface area contributed by atoms with E-state index >= 15 is 0 Å². The second-order valence-electron chi connectivity index (χ2n) is 5.31. The maximum absolute atomic E-state index is 12.6. The third kappa shape index (κ3) is 3.05. The number of nitrogens with zero attached hydrogens (tertiary/aromatic N) is 2. The van der Waals surface area contributed by atoms with Crippen LogP contribution in [0.1, 0.15) is 0 Å². The number of halogens is 1. The van der Waals surface area contributed by atoms with Crippen LogP contribution in [0.5, 0.6) is 0 Å². The highest BCUT2D eigenvalue weighted by Crippen LogP contribution is 2.30. The van der Waals surface area contributed by atoms with E-state index in [1.807, 2.05) is 53.4 Å². The Morgan fingerprint density at radius 1 is 1.17 bits per heavy atom. The summed E-state index contributed by atoms with van der Waals surface area (Å²) in [4.78, 5) is 6.68. The molecule has 0 N–H and O–H groups in total. The Bertz CT molecular complexity index is 1010. The van der Waals surface area contributed by atoms with Crippen molar-refractivity contribution in [1.82, 2.24) is 9.55 Å². The average molecular weight is 464 g/mol. The first-order valence-corrected chi connectivity index (χ1v) is 10.6. The summed E-state index contributed by atoms with van der Waals surface area (Å²) in [5.41, 5.74) is 2.00. The number of benzene rings is 1. The number of hydrogen-bond donors (Lipinski definition) is 0. The number of pyridine rings is 1. The number of hydrogen-bond acceptors (Lipinski definition) is 3. The van der Waals surface area contributed by atoms with Gasteiger partial charge in [-0.1, -0.05) is 24.3 Å². The van der Waals surface area contributed by atoms with Crippen LogP contribution in [0.3, 0.4) is 0 Å². The van der Waals surface area contributed by atoms with Crippen molar-refractivity contribution in [1.29, 1.82) is 0 Å². The Kier molecular flexibility index (Phi) is 4.51. The summed E-state index contributed by atoms with van der Waals surface area (Å²) in [5, 5.41) is 3.17. The average Bonchev–Trinajstić information content (AvgIpc) is 3.25. The van der Waals surface area contributed by atoms with Gasteiger partial charge in [0.2, 0.25) is 0 Å². The van der Waals surface area contributed by atoms with E-state index in [1.165, 1.54) is 4.88 Å². The molecule has 3 aromatic heterocycles. The van der Waals surface area contributed by atoms with Crippen molar-refractivity contribution in [2.24, 2.45) is 0 Å². The molecule has 0 fully saturated rings. The normalized spacial score (nSPS) is 12.5. The van der Waals surface area contributed by atoms with Crippen molar-refractivity contribution in [3.63, 3.8) is 0 Å². The molecule has 1 atom stereocenters. The molecule has 0 saturated carbocycles. The number of fused-ring (bicyclic) bond motifs is 1. The van der Waals surface area contributed by atoms with Gasteiger partial charge in [-0.25, -0.2) is 4.98 Å². The largest absolute Gasteiger partial charge is 0.319 e. The van der Waals surface area contributed by atoms with Crippen LogP contribution in [0.4, 0.5) is 0 Å². The highest BCUT2D eigenvalue weighted by Gasteiger charge is 2.13. The molecule has 6 heteroatoms. The van der Waals surface area contributed by atoms with Gasteiger partial charge in [-0.2, -0.15) is 0 Å². The van der Waals surface area contributed by atoms with E-state index in [-0.39, 0.29) is 0 Å². The summed E-state index contributed by atoms with van der Waals surface area (Å²) in [6.07, 6.45) is 3.92. The van der Waals surface area contributed by atoms with Crippen LogP contribution in [-0.2, 0) is 16.7 Å². The molecular formula is C18H13IN2OS2. The van der Waals surface area contributed by atoms with Gasteiger partial charge in [0.15, 0.2) is 0 Å². The second-order valence-corrected chi connectivity index (χ2v) is 8.84. The lowest BCUT2D eigenvalue weighted by molar-refractivity contribution is 0.674. The number of aromatic nitrogens is 2. The van der Waals surface area contributed by atoms with E-state index in [2.05, 4.69) is 45.1 Å². The summed E-state index contributed by atoms with van der Waals surface area (Å²) in [5.74, 6) is 0.412. The zero-order valence-corrected chi connectivity index (χ0v) is 16.3. The molecule has 3 nitrogen and oxygen atoms in total. The Morgan fingerprint density at radius 3 is 2.75 bits per heavy atom. The van der Waals surface area contributed by atoms with Crippen LogP contribution in [0.2, 0.25) is 0 Å². The van der Waals surface area contributed by atoms with Gasteiger partial charge < -0.3 is 4.57 Å². The lowest BCUT2D eigenvalue weighted by Crippen LogP contribution is -2.04. The number of rotatable bonds is 4. The van der Waals surface area contributed by atoms with Gasteiger partial charge in [0.25, 0.3) is 0 Å². The highest BCUT2D eigenvalue weighted by atomic mass is 127. The van der Waals surface area contributed by atoms with Gasteiger partial charge in [-0.05, 0) is 52.2 Å². The molecule has 0 amide bonds. The number of thiophene rings is 1. The molecule has 4 aromatic rings. The molecule has 0 saturated heterocycles. The van der Waals surface area contributed by atoms with Crippen molar-refractivity contribution in [2.75, 3.05) is 0 Å². The van der Waals surface area contributed by atoms with Crippen LogP contribution in [0.15, 0.2) is 71.2 Å². The monoisotopic (exact) mass is 464 g/mol. The van der Waals surface area contributed by atoms with Gasteiger partial charge in [0.05, 0.1) is 10.8 Å². The molecule has 0 spiro atoms.